The zero-order chi connectivity index (χ0) is 31.8. The number of amides is 2. The first-order valence-electron chi connectivity index (χ1n) is 16.3. The smallest absolute Gasteiger partial charge is 0.404 e. The molecule has 6 rings (SSSR count). The van der Waals surface area contributed by atoms with Gasteiger partial charge in [0.05, 0.1) is 23.6 Å². The summed E-state index contributed by atoms with van der Waals surface area (Å²) in [5.41, 5.74) is 3.33. The standard InChI is InChI=1S/C31H49BN6O6/c1-7-22(20-12-9-8-10-13-20)27(39)34-23(14-11-15-33-29-36-37(29)38(41)42)28(40)35-26(16-19(2)3)32-43-25-18-21-17-24(30(21,4)5)31(25,6)44-32/h8-10,12-13,19,21-26,29,33,36H,7,11,14-18H2,1-6H3,(H,34,39)(H,35,40)/t21-,22+,23-,24-,25+,26-,29?,31-,37?/m0/s1. The van der Waals surface area contributed by atoms with Gasteiger partial charge in [0, 0.05) is 0 Å². The Morgan fingerprint density at radius 3 is 2.50 bits per heavy atom. The molecule has 0 radical (unpaired) electrons. The van der Waals surface area contributed by atoms with Gasteiger partial charge in [-0.1, -0.05) is 65.0 Å². The Hall–Kier alpha value is -2.74. The molecule has 12 nitrogen and oxygen atoms in total. The van der Waals surface area contributed by atoms with Crippen LogP contribution >= 0.6 is 0 Å². The van der Waals surface area contributed by atoms with E-state index >= 15 is 0 Å². The maximum absolute atomic E-state index is 14.0. The molecule has 242 valence electrons. The number of nitrogens with zero attached hydrogens (tertiary/aromatic N) is 2. The van der Waals surface area contributed by atoms with Crippen molar-refractivity contribution in [2.45, 2.75) is 116 Å². The van der Waals surface area contributed by atoms with E-state index in [-0.39, 0.29) is 46.7 Å². The van der Waals surface area contributed by atoms with Crippen LogP contribution in [-0.4, -0.2) is 65.6 Å². The van der Waals surface area contributed by atoms with Crippen molar-refractivity contribution in [3.63, 3.8) is 0 Å². The Kier molecular flexibility index (Phi) is 9.60. The van der Waals surface area contributed by atoms with Crippen LogP contribution in [0.5, 0.6) is 0 Å². The van der Waals surface area contributed by atoms with E-state index in [9.17, 15) is 19.7 Å². The molecule has 2 saturated heterocycles. The highest BCUT2D eigenvalue weighted by Gasteiger charge is 2.68. The monoisotopic (exact) mass is 612 g/mol. The Bertz CT molecular complexity index is 1210. The zero-order valence-corrected chi connectivity index (χ0v) is 26.9. The van der Waals surface area contributed by atoms with Crippen molar-refractivity contribution in [3.8, 4) is 0 Å². The third-order valence-electron chi connectivity index (χ3n) is 10.5. The average molecular weight is 613 g/mol. The summed E-state index contributed by atoms with van der Waals surface area (Å²) >= 11 is 0. The summed E-state index contributed by atoms with van der Waals surface area (Å²) in [5, 5.41) is 20.5. The van der Waals surface area contributed by atoms with Crippen molar-refractivity contribution >= 4 is 18.9 Å². The van der Waals surface area contributed by atoms with Gasteiger partial charge in [-0.15, -0.1) is 5.43 Å². The summed E-state index contributed by atoms with van der Waals surface area (Å²) in [6, 6.07) is 8.78. The van der Waals surface area contributed by atoms with Crippen LogP contribution in [0.3, 0.4) is 0 Å². The number of rotatable bonds is 15. The van der Waals surface area contributed by atoms with E-state index < -0.39 is 24.5 Å². The molecule has 3 saturated carbocycles. The molecular formula is C31H49BN6O6. The molecule has 2 aliphatic heterocycles. The maximum atomic E-state index is 14.0. The van der Waals surface area contributed by atoms with Gasteiger partial charge in [-0.2, -0.15) is 0 Å². The predicted molar refractivity (Wildman–Crippen MR) is 166 cm³/mol. The summed E-state index contributed by atoms with van der Waals surface area (Å²) in [4.78, 5) is 38.4. The number of hydrogen-bond donors (Lipinski definition) is 4. The van der Waals surface area contributed by atoms with Gasteiger partial charge in [-0.25, -0.2) is 10.1 Å². The lowest BCUT2D eigenvalue weighted by Crippen LogP contribution is -2.65. The van der Waals surface area contributed by atoms with Gasteiger partial charge in [-0.3, -0.25) is 14.9 Å². The highest BCUT2D eigenvalue weighted by molar-refractivity contribution is 6.48. The lowest BCUT2D eigenvalue weighted by molar-refractivity contribution is -0.627. The molecule has 13 heteroatoms. The van der Waals surface area contributed by atoms with E-state index in [0.717, 1.165) is 23.5 Å². The molecule has 2 bridgehead atoms. The largest absolute Gasteiger partial charge is 0.481 e. The average Bonchev–Trinajstić information content (AvgIpc) is 3.66. The van der Waals surface area contributed by atoms with E-state index in [0.29, 0.717) is 44.1 Å². The summed E-state index contributed by atoms with van der Waals surface area (Å²) in [5.74, 6) is 0.0738. The molecule has 1 aromatic carbocycles. The lowest BCUT2D eigenvalue weighted by atomic mass is 9.43. The maximum Gasteiger partial charge on any atom is 0.481 e. The van der Waals surface area contributed by atoms with E-state index in [1.807, 2.05) is 37.3 Å². The molecule has 1 aromatic rings. The number of benzene rings is 1. The summed E-state index contributed by atoms with van der Waals surface area (Å²) in [6.45, 7) is 13.4. The van der Waals surface area contributed by atoms with E-state index in [1.165, 1.54) is 0 Å². The van der Waals surface area contributed by atoms with Crippen molar-refractivity contribution in [1.82, 2.24) is 26.5 Å². The first-order chi connectivity index (χ1) is 20.8. The Morgan fingerprint density at radius 1 is 1.16 bits per heavy atom. The summed E-state index contributed by atoms with van der Waals surface area (Å²) in [6.07, 6.45) is 3.72. The van der Waals surface area contributed by atoms with Gasteiger partial charge in [0.15, 0.2) is 5.03 Å². The minimum absolute atomic E-state index is 0.00311. The highest BCUT2D eigenvalue weighted by atomic mass is 16.7. The van der Waals surface area contributed by atoms with Crippen LogP contribution in [0.2, 0.25) is 0 Å². The Labute approximate surface area is 261 Å². The van der Waals surface area contributed by atoms with Crippen LogP contribution < -0.4 is 21.4 Å². The number of carbonyl (C=O) groups excluding carboxylic acids is 2. The minimum atomic E-state index is -0.790. The normalized spacial score (nSPS) is 30.2. The molecule has 5 aliphatic rings. The van der Waals surface area contributed by atoms with Gasteiger partial charge in [0.25, 0.3) is 0 Å². The van der Waals surface area contributed by atoms with Gasteiger partial charge in [0.2, 0.25) is 18.1 Å². The van der Waals surface area contributed by atoms with Crippen LogP contribution in [0.15, 0.2) is 30.3 Å². The van der Waals surface area contributed by atoms with E-state index in [2.05, 4.69) is 56.0 Å². The van der Waals surface area contributed by atoms with Gasteiger partial charge < -0.3 is 19.9 Å². The number of nitrogens with one attached hydrogen (secondary N) is 4. The van der Waals surface area contributed by atoms with E-state index in [1.54, 1.807) is 0 Å². The van der Waals surface area contributed by atoms with Crippen LogP contribution in [0.1, 0.15) is 91.5 Å². The molecule has 2 amide bonds. The number of nitro groups is 1. The van der Waals surface area contributed by atoms with Crippen LogP contribution in [0.25, 0.3) is 0 Å². The molecule has 2 heterocycles. The second kappa shape index (κ2) is 12.9. The van der Waals surface area contributed by atoms with Gasteiger partial charge in [-0.05, 0) is 85.8 Å². The van der Waals surface area contributed by atoms with E-state index in [4.69, 9.17) is 9.31 Å². The molecule has 8 atom stereocenters. The van der Waals surface area contributed by atoms with Crippen LogP contribution in [-0.2, 0) is 18.9 Å². The van der Waals surface area contributed by atoms with Gasteiger partial charge in [0.1, 0.15) is 6.04 Å². The molecule has 0 aromatic heterocycles. The predicted octanol–water partition coefficient (Wildman–Crippen LogP) is 3.13. The molecular weight excluding hydrogens is 563 g/mol. The van der Waals surface area contributed by atoms with Gasteiger partial charge >= 0.3 is 7.12 Å². The molecule has 5 fully saturated rings. The first kappa shape index (κ1) is 32.7. The fourth-order valence-electron chi connectivity index (χ4n) is 7.81. The quantitative estimate of drug-likeness (QED) is 0.0768. The molecule has 3 aliphatic carbocycles. The van der Waals surface area contributed by atoms with Crippen LogP contribution in [0.4, 0.5) is 0 Å². The number of hydrazine groups is 2. The second-order valence-electron chi connectivity index (χ2n) is 14.2. The first-order valence-corrected chi connectivity index (χ1v) is 16.3. The topological polar surface area (TPSA) is 157 Å². The SMILES string of the molecule is CC[C@@H](C(=O)N[C@@H](CCCNC1NN1[N+](=O)[O-])C(=O)N[C@@H](CC(C)C)B1O[C@@H]2C[C@@H]3C[C@@H](C3(C)C)[C@]2(C)O1)c1ccccc1. The Balaban J connectivity index is 1.27. The third-order valence-corrected chi connectivity index (χ3v) is 10.5. The fraction of sp³-hybridized carbons (Fsp3) is 0.742. The molecule has 0 spiro atoms. The summed E-state index contributed by atoms with van der Waals surface area (Å²) in [7, 11) is -0.564. The second-order valence-corrected chi connectivity index (χ2v) is 14.2. The zero-order valence-electron chi connectivity index (χ0n) is 26.9. The number of carbonyl (C=O) groups is 2. The van der Waals surface area contributed by atoms with Crippen molar-refractivity contribution in [3.05, 3.63) is 46.0 Å². The Morgan fingerprint density at radius 2 is 1.89 bits per heavy atom. The number of hydrogen-bond acceptors (Lipinski definition) is 8. The summed E-state index contributed by atoms with van der Waals surface area (Å²) < 4.78 is 13.3. The van der Waals surface area contributed by atoms with Crippen molar-refractivity contribution in [1.29, 1.82) is 0 Å². The fourth-order valence-corrected chi connectivity index (χ4v) is 7.81. The minimum Gasteiger partial charge on any atom is -0.404 e. The lowest BCUT2D eigenvalue weighted by Gasteiger charge is -2.64. The van der Waals surface area contributed by atoms with Crippen molar-refractivity contribution in [2.75, 3.05) is 6.54 Å². The highest BCUT2D eigenvalue weighted by Crippen LogP contribution is 2.65. The molecule has 44 heavy (non-hydrogen) atoms. The molecule has 4 N–H and O–H groups in total. The third kappa shape index (κ3) is 6.61. The molecule has 1 unspecified atom stereocenters. The van der Waals surface area contributed by atoms with Crippen LogP contribution in [0, 0.1) is 33.3 Å². The van der Waals surface area contributed by atoms with Crippen molar-refractivity contribution in [2.24, 2.45) is 23.2 Å². The van der Waals surface area contributed by atoms with Crippen molar-refractivity contribution < 1.29 is 23.9 Å².